The summed E-state index contributed by atoms with van der Waals surface area (Å²) in [5, 5.41) is 28.7. The number of carboxylic acids is 2. The van der Waals surface area contributed by atoms with Crippen LogP contribution in [0.1, 0.15) is 19.8 Å². The Hall–Kier alpha value is -2.28. The topological polar surface area (TPSA) is 154 Å². The van der Waals surface area contributed by atoms with Crippen LogP contribution in [0.5, 0.6) is 5.88 Å². The molecule has 0 amide bonds. The number of hydrogen-bond donors (Lipinski definition) is 4. The predicted molar refractivity (Wildman–Crippen MR) is 107 cm³/mol. The number of aliphatic hydroxyl groups excluding tert-OH is 1. The second-order valence-electron chi connectivity index (χ2n) is 6.02. The Morgan fingerprint density at radius 1 is 1.28 bits per heavy atom. The van der Waals surface area contributed by atoms with Gasteiger partial charge in [0.15, 0.2) is 0 Å². The van der Waals surface area contributed by atoms with Crippen molar-refractivity contribution in [3.8, 4) is 5.88 Å². The zero-order valence-electron chi connectivity index (χ0n) is 16.3. The van der Waals surface area contributed by atoms with Gasteiger partial charge in [0.1, 0.15) is 12.7 Å². The molecule has 1 fully saturated rings. The van der Waals surface area contributed by atoms with Crippen LogP contribution in [0.3, 0.4) is 0 Å². The van der Waals surface area contributed by atoms with Gasteiger partial charge in [0.2, 0.25) is 5.82 Å². The Bertz CT molecular complexity index is 619. The number of aromatic nitrogens is 2. The average Bonchev–Trinajstić information content (AvgIpc) is 3.18. The molecule has 2 rings (SSSR count). The third-order valence-corrected chi connectivity index (χ3v) is 4.12. The summed E-state index contributed by atoms with van der Waals surface area (Å²) in [6, 6.07) is 0. The first-order valence-corrected chi connectivity index (χ1v) is 9.97. The summed E-state index contributed by atoms with van der Waals surface area (Å²) in [5.41, 5.74) is 0. The van der Waals surface area contributed by atoms with E-state index < -0.39 is 18.0 Å². The number of rotatable bonds is 11. The third kappa shape index (κ3) is 11.3. The lowest BCUT2D eigenvalue weighted by Gasteiger charge is -2.26. The SMILES string of the molecule is CCCCNCC(O)COc1nsnc1N1CCOCC1.O=C(O)/C=C\C(=O)O. The Balaban J connectivity index is 0.000000447. The molecule has 29 heavy (non-hydrogen) atoms. The van der Waals surface area contributed by atoms with Gasteiger partial charge in [-0.15, -0.1) is 4.37 Å². The van der Waals surface area contributed by atoms with E-state index in [1.165, 1.54) is 0 Å². The maximum Gasteiger partial charge on any atom is 0.328 e. The molecule has 2 heterocycles. The summed E-state index contributed by atoms with van der Waals surface area (Å²) in [5.74, 6) is -1.25. The molecule has 1 aliphatic rings. The van der Waals surface area contributed by atoms with Crippen LogP contribution in [0.25, 0.3) is 0 Å². The van der Waals surface area contributed by atoms with Crippen LogP contribution < -0.4 is 15.0 Å². The summed E-state index contributed by atoms with van der Waals surface area (Å²) < 4.78 is 19.4. The molecule has 1 aliphatic heterocycles. The maximum atomic E-state index is 9.88. The minimum Gasteiger partial charge on any atom is -0.478 e. The fourth-order valence-corrected chi connectivity index (χ4v) is 2.70. The van der Waals surface area contributed by atoms with Gasteiger partial charge in [0.25, 0.3) is 5.88 Å². The van der Waals surface area contributed by atoms with E-state index in [-0.39, 0.29) is 6.61 Å². The first-order valence-electron chi connectivity index (χ1n) is 9.24. The average molecular weight is 432 g/mol. The molecule has 0 saturated carbocycles. The molecule has 0 aliphatic carbocycles. The summed E-state index contributed by atoms with van der Waals surface area (Å²) >= 11 is 1.13. The van der Waals surface area contributed by atoms with Gasteiger partial charge in [0.05, 0.1) is 24.9 Å². The van der Waals surface area contributed by atoms with Crippen molar-refractivity contribution in [3.63, 3.8) is 0 Å². The molecule has 1 unspecified atom stereocenters. The van der Waals surface area contributed by atoms with Gasteiger partial charge in [-0.3, -0.25) is 0 Å². The number of hydrogen-bond acceptors (Lipinski definition) is 10. The van der Waals surface area contributed by atoms with Crippen LogP contribution in [0.15, 0.2) is 12.2 Å². The van der Waals surface area contributed by atoms with Crippen molar-refractivity contribution in [2.75, 3.05) is 50.9 Å². The van der Waals surface area contributed by atoms with Crippen LogP contribution >= 0.6 is 11.7 Å². The fraction of sp³-hybridized carbons (Fsp3) is 0.647. The number of nitrogens with zero attached hydrogens (tertiary/aromatic N) is 3. The van der Waals surface area contributed by atoms with Crippen molar-refractivity contribution in [2.45, 2.75) is 25.9 Å². The van der Waals surface area contributed by atoms with Gasteiger partial charge in [-0.2, -0.15) is 4.37 Å². The van der Waals surface area contributed by atoms with Gasteiger partial charge in [-0.1, -0.05) is 13.3 Å². The summed E-state index contributed by atoms with van der Waals surface area (Å²) in [7, 11) is 0. The molecule has 1 aromatic rings. The van der Waals surface area contributed by atoms with Gasteiger partial charge in [-0.05, 0) is 13.0 Å². The molecule has 1 saturated heterocycles. The highest BCUT2D eigenvalue weighted by atomic mass is 32.1. The summed E-state index contributed by atoms with van der Waals surface area (Å²) in [6.45, 7) is 6.80. The monoisotopic (exact) mass is 432 g/mol. The second kappa shape index (κ2) is 14.7. The van der Waals surface area contributed by atoms with E-state index in [0.717, 1.165) is 50.0 Å². The molecule has 0 aromatic carbocycles. The number of aliphatic carboxylic acids is 2. The van der Waals surface area contributed by atoms with E-state index in [9.17, 15) is 14.7 Å². The Morgan fingerprint density at radius 2 is 1.93 bits per heavy atom. The van der Waals surface area contributed by atoms with Crippen molar-refractivity contribution < 1.29 is 34.4 Å². The van der Waals surface area contributed by atoms with Gasteiger partial charge >= 0.3 is 11.9 Å². The number of anilines is 1. The van der Waals surface area contributed by atoms with Crippen LogP contribution in [-0.2, 0) is 14.3 Å². The zero-order valence-corrected chi connectivity index (χ0v) is 17.1. The smallest absolute Gasteiger partial charge is 0.328 e. The quantitative estimate of drug-likeness (QED) is 0.280. The second-order valence-corrected chi connectivity index (χ2v) is 6.55. The minimum atomic E-state index is -1.26. The molecular formula is C17H28N4O7S. The van der Waals surface area contributed by atoms with Gasteiger partial charge in [-0.25, -0.2) is 9.59 Å². The van der Waals surface area contributed by atoms with E-state index in [1.807, 2.05) is 0 Å². The molecule has 1 aromatic heterocycles. The summed E-state index contributed by atoms with van der Waals surface area (Å²) in [4.78, 5) is 21.2. The van der Waals surface area contributed by atoms with Crippen molar-refractivity contribution in [3.05, 3.63) is 12.2 Å². The third-order valence-electron chi connectivity index (χ3n) is 3.62. The highest BCUT2D eigenvalue weighted by Crippen LogP contribution is 2.26. The summed E-state index contributed by atoms with van der Waals surface area (Å²) in [6.07, 6.45) is 2.84. The molecule has 0 radical (unpaired) electrons. The van der Waals surface area contributed by atoms with E-state index in [0.29, 0.717) is 37.8 Å². The highest BCUT2D eigenvalue weighted by molar-refractivity contribution is 6.99. The van der Waals surface area contributed by atoms with Gasteiger partial charge in [0, 0.05) is 31.8 Å². The van der Waals surface area contributed by atoms with Crippen molar-refractivity contribution in [1.29, 1.82) is 0 Å². The fourth-order valence-electron chi connectivity index (χ4n) is 2.18. The molecule has 11 nitrogen and oxygen atoms in total. The van der Waals surface area contributed by atoms with E-state index >= 15 is 0 Å². The lowest BCUT2D eigenvalue weighted by molar-refractivity contribution is -0.134. The number of carbonyl (C=O) groups is 2. The van der Waals surface area contributed by atoms with E-state index in [1.54, 1.807) is 0 Å². The maximum absolute atomic E-state index is 9.88. The molecule has 12 heteroatoms. The first kappa shape index (κ1) is 24.8. The number of unbranched alkanes of at least 4 members (excludes halogenated alkanes) is 1. The number of carboxylic acid groups (broad SMARTS) is 2. The predicted octanol–water partition coefficient (Wildman–Crippen LogP) is 0.216. The van der Waals surface area contributed by atoms with Crippen LogP contribution in [0.2, 0.25) is 0 Å². The van der Waals surface area contributed by atoms with E-state index in [4.69, 9.17) is 19.7 Å². The van der Waals surface area contributed by atoms with Crippen LogP contribution in [0.4, 0.5) is 5.82 Å². The molecule has 4 N–H and O–H groups in total. The lowest BCUT2D eigenvalue weighted by Crippen LogP contribution is -2.37. The first-order chi connectivity index (χ1) is 13.9. The van der Waals surface area contributed by atoms with Crippen LogP contribution in [0, 0.1) is 0 Å². The zero-order chi connectivity index (χ0) is 21.5. The normalized spacial score (nSPS) is 14.9. The largest absolute Gasteiger partial charge is 0.478 e. The number of morpholine rings is 1. The standard InChI is InChI=1S/C13H24N4O3S.C4H4O4/c1-2-3-4-14-9-11(18)10-20-13-12(15-21-16-13)17-5-7-19-8-6-17;5-3(6)1-2-4(7)8/h11,14,18H,2-10H2,1H3;1-2H,(H,5,6)(H,7,8)/b;2-1-. The molecule has 164 valence electrons. The molecular weight excluding hydrogens is 404 g/mol. The number of nitrogens with one attached hydrogen (secondary N) is 1. The van der Waals surface area contributed by atoms with Gasteiger partial charge < -0.3 is 35.0 Å². The Kier molecular flexibility index (Phi) is 12.5. The molecule has 0 spiro atoms. The van der Waals surface area contributed by atoms with E-state index in [2.05, 4.69) is 25.9 Å². The minimum absolute atomic E-state index is 0.224. The molecule has 1 atom stereocenters. The highest BCUT2D eigenvalue weighted by Gasteiger charge is 2.20. The van der Waals surface area contributed by atoms with Crippen molar-refractivity contribution in [1.82, 2.24) is 14.1 Å². The van der Waals surface area contributed by atoms with Crippen molar-refractivity contribution >= 4 is 29.5 Å². The Morgan fingerprint density at radius 3 is 2.52 bits per heavy atom. The van der Waals surface area contributed by atoms with Crippen molar-refractivity contribution in [2.24, 2.45) is 0 Å². The van der Waals surface area contributed by atoms with Crippen LogP contribution in [-0.4, -0.2) is 88.1 Å². The molecule has 0 bridgehead atoms. The number of ether oxygens (including phenoxy) is 2. The number of aliphatic hydroxyl groups is 1. The lowest BCUT2D eigenvalue weighted by atomic mass is 10.3. The Labute approximate surface area is 173 Å².